The molecule has 2 aromatic rings. The van der Waals surface area contributed by atoms with E-state index in [0.717, 1.165) is 55.6 Å². The molecular weight excluding hydrogens is 381 g/mol. The molecule has 1 aromatic carbocycles. The summed E-state index contributed by atoms with van der Waals surface area (Å²) in [5.41, 5.74) is 2.68. The van der Waals surface area contributed by atoms with Crippen molar-refractivity contribution in [1.29, 1.82) is 0 Å². The Morgan fingerprint density at radius 3 is 2.23 bits per heavy atom. The summed E-state index contributed by atoms with van der Waals surface area (Å²) >= 11 is 0. The molecule has 0 spiro atoms. The molecule has 0 aliphatic carbocycles. The molecule has 3 aliphatic heterocycles. The van der Waals surface area contributed by atoms with Gasteiger partial charge in [0.2, 0.25) is 5.95 Å². The van der Waals surface area contributed by atoms with Crippen LogP contribution in [0.15, 0.2) is 24.3 Å². The number of piperidine rings is 1. The lowest BCUT2D eigenvalue weighted by molar-refractivity contribution is 0.0733. The zero-order valence-corrected chi connectivity index (χ0v) is 17.3. The first-order valence-corrected chi connectivity index (χ1v) is 11.1. The highest BCUT2D eigenvalue weighted by atomic mass is 19.1. The maximum atomic E-state index is 13.3. The van der Waals surface area contributed by atoms with E-state index in [1.165, 1.54) is 44.2 Å². The van der Waals surface area contributed by atoms with Crippen LogP contribution in [0, 0.1) is 5.82 Å². The molecular formula is C23H28FN5O. The molecule has 0 N–H and O–H groups in total. The highest BCUT2D eigenvalue weighted by Gasteiger charge is 2.30. The number of halogens is 1. The summed E-state index contributed by atoms with van der Waals surface area (Å²) in [7, 11) is 0. The zero-order chi connectivity index (χ0) is 20.5. The van der Waals surface area contributed by atoms with Gasteiger partial charge in [0, 0.05) is 50.3 Å². The van der Waals surface area contributed by atoms with Gasteiger partial charge in [-0.1, -0.05) is 0 Å². The minimum Gasteiger partial charge on any atom is -0.356 e. The molecule has 0 bridgehead atoms. The maximum absolute atomic E-state index is 13.3. The second kappa shape index (κ2) is 8.20. The standard InChI is InChI=1S/C23H28FN5O/c24-18-8-6-17(7-9-18)22(30)29-15-10-20-19(16-29)21(27-11-4-5-12-27)26-23(25-20)28-13-2-1-3-14-28/h6-9H,1-5,10-16H2. The van der Waals surface area contributed by atoms with E-state index in [0.29, 0.717) is 18.7 Å². The van der Waals surface area contributed by atoms with Gasteiger partial charge in [-0.3, -0.25) is 4.79 Å². The minimum absolute atomic E-state index is 0.0619. The molecule has 30 heavy (non-hydrogen) atoms. The fraction of sp³-hybridized carbons (Fsp3) is 0.522. The van der Waals surface area contributed by atoms with Gasteiger partial charge in [0.25, 0.3) is 5.91 Å². The SMILES string of the molecule is O=C(c1ccc(F)cc1)N1CCc2nc(N3CCCCC3)nc(N3CCCC3)c2C1. The molecule has 158 valence electrons. The van der Waals surface area contributed by atoms with Gasteiger partial charge in [0.1, 0.15) is 11.6 Å². The van der Waals surface area contributed by atoms with E-state index in [9.17, 15) is 9.18 Å². The first-order valence-electron chi connectivity index (χ1n) is 11.1. The largest absolute Gasteiger partial charge is 0.356 e. The van der Waals surface area contributed by atoms with Crippen LogP contribution in [-0.4, -0.2) is 53.5 Å². The van der Waals surface area contributed by atoms with Gasteiger partial charge in [-0.2, -0.15) is 4.98 Å². The summed E-state index contributed by atoms with van der Waals surface area (Å²) < 4.78 is 13.3. The van der Waals surface area contributed by atoms with Crippen molar-refractivity contribution < 1.29 is 9.18 Å². The number of nitrogens with zero attached hydrogens (tertiary/aromatic N) is 5. The molecule has 0 unspecified atom stereocenters. The Morgan fingerprint density at radius 2 is 1.50 bits per heavy atom. The van der Waals surface area contributed by atoms with Crippen LogP contribution in [0.3, 0.4) is 0 Å². The van der Waals surface area contributed by atoms with Gasteiger partial charge in [-0.25, -0.2) is 9.37 Å². The molecule has 4 heterocycles. The highest BCUT2D eigenvalue weighted by Crippen LogP contribution is 2.32. The van der Waals surface area contributed by atoms with E-state index < -0.39 is 0 Å². The second-order valence-electron chi connectivity index (χ2n) is 8.50. The number of fused-ring (bicyclic) bond motifs is 1. The average Bonchev–Trinajstić information content (AvgIpc) is 3.33. The van der Waals surface area contributed by atoms with E-state index in [4.69, 9.17) is 9.97 Å². The molecule has 1 aromatic heterocycles. The van der Waals surface area contributed by atoms with Crippen molar-refractivity contribution in [2.45, 2.75) is 45.1 Å². The van der Waals surface area contributed by atoms with E-state index >= 15 is 0 Å². The average molecular weight is 410 g/mol. The third kappa shape index (κ3) is 3.73. The molecule has 2 fully saturated rings. The zero-order valence-electron chi connectivity index (χ0n) is 17.3. The lowest BCUT2D eigenvalue weighted by Crippen LogP contribution is -2.39. The Balaban J connectivity index is 1.46. The lowest BCUT2D eigenvalue weighted by atomic mass is 10.0. The third-order valence-corrected chi connectivity index (χ3v) is 6.45. The van der Waals surface area contributed by atoms with E-state index in [-0.39, 0.29) is 11.7 Å². The van der Waals surface area contributed by atoms with Gasteiger partial charge in [0.15, 0.2) is 0 Å². The number of carbonyl (C=O) groups is 1. The van der Waals surface area contributed by atoms with Crippen LogP contribution in [-0.2, 0) is 13.0 Å². The van der Waals surface area contributed by atoms with Crippen molar-refractivity contribution in [1.82, 2.24) is 14.9 Å². The van der Waals surface area contributed by atoms with Crippen LogP contribution in [0.4, 0.5) is 16.2 Å². The van der Waals surface area contributed by atoms with Crippen LogP contribution in [0.1, 0.15) is 53.7 Å². The summed E-state index contributed by atoms with van der Waals surface area (Å²) in [6.07, 6.45) is 6.75. The Bertz CT molecular complexity index is 920. The van der Waals surface area contributed by atoms with Gasteiger partial charge in [-0.05, 0) is 56.4 Å². The molecule has 7 heteroatoms. The van der Waals surface area contributed by atoms with Crippen molar-refractivity contribution in [3.8, 4) is 0 Å². The number of benzene rings is 1. The van der Waals surface area contributed by atoms with Gasteiger partial charge in [0.05, 0.1) is 12.2 Å². The Hall–Kier alpha value is -2.70. The summed E-state index contributed by atoms with van der Waals surface area (Å²) in [6, 6.07) is 5.80. The number of hydrogen-bond donors (Lipinski definition) is 0. The number of hydrogen-bond acceptors (Lipinski definition) is 5. The van der Waals surface area contributed by atoms with Gasteiger partial charge >= 0.3 is 0 Å². The van der Waals surface area contributed by atoms with Gasteiger partial charge < -0.3 is 14.7 Å². The summed E-state index contributed by atoms with van der Waals surface area (Å²) in [5.74, 6) is 1.47. The van der Waals surface area contributed by atoms with Crippen molar-refractivity contribution in [2.75, 3.05) is 42.5 Å². The third-order valence-electron chi connectivity index (χ3n) is 6.45. The Kier molecular flexibility index (Phi) is 5.27. The summed E-state index contributed by atoms with van der Waals surface area (Å²) in [5, 5.41) is 0. The fourth-order valence-electron chi connectivity index (χ4n) is 4.76. The second-order valence-corrected chi connectivity index (χ2v) is 8.50. The maximum Gasteiger partial charge on any atom is 0.254 e. The smallest absolute Gasteiger partial charge is 0.254 e. The molecule has 3 aliphatic rings. The summed E-state index contributed by atoms with van der Waals surface area (Å²) in [4.78, 5) is 29.5. The van der Waals surface area contributed by atoms with Crippen molar-refractivity contribution in [2.24, 2.45) is 0 Å². The van der Waals surface area contributed by atoms with Crippen LogP contribution in [0.25, 0.3) is 0 Å². The minimum atomic E-state index is -0.328. The van der Waals surface area contributed by atoms with E-state index in [1.54, 1.807) is 12.1 Å². The molecule has 6 nitrogen and oxygen atoms in total. The van der Waals surface area contributed by atoms with Crippen molar-refractivity contribution in [3.63, 3.8) is 0 Å². The van der Waals surface area contributed by atoms with E-state index in [2.05, 4.69) is 9.80 Å². The Morgan fingerprint density at radius 1 is 0.833 bits per heavy atom. The van der Waals surface area contributed by atoms with Crippen LogP contribution < -0.4 is 9.80 Å². The van der Waals surface area contributed by atoms with Crippen LogP contribution in [0.2, 0.25) is 0 Å². The number of rotatable bonds is 3. The number of amides is 1. The predicted octanol–water partition coefficient (Wildman–Crippen LogP) is 3.40. The molecule has 0 radical (unpaired) electrons. The highest BCUT2D eigenvalue weighted by molar-refractivity contribution is 5.94. The molecule has 2 saturated heterocycles. The monoisotopic (exact) mass is 409 g/mol. The number of carbonyl (C=O) groups excluding carboxylic acids is 1. The quantitative estimate of drug-likeness (QED) is 0.778. The van der Waals surface area contributed by atoms with Crippen molar-refractivity contribution in [3.05, 3.63) is 46.9 Å². The molecule has 1 amide bonds. The number of anilines is 2. The van der Waals surface area contributed by atoms with Crippen molar-refractivity contribution >= 4 is 17.7 Å². The topological polar surface area (TPSA) is 52.6 Å². The Labute approximate surface area is 176 Å². The first kappa shape index (κ1) is 19.3. The molecule has 0 saturated carbocycles. The van der Waals surface area contributed by atoms with Crippen LogP contribution >= 0.6 is 0 Å². The lowest BCUT2D eigenvalue weighted by Gasteiger charge is -2.34. The molecule has 5 rings (SSSR count). The van der Waals surface area contributed by atoms with Crippen LogP contribution in [0.5, 0.6) is 0 Å². The first-order chi connectivity index (χ1) is 14.7. The fourth-order valence-corrected chi connectivity index (χ4v) is 4.76. The predicted molar refractivity (Wildman–Crippen MR) is 114 cm³/mol. The van der Waals surface area contributed by atoms with Gasteiger partial charge in [-0.15, -0.1) is 0 Å². The van der Waals surface area contributed by atoms with E-state index in [1.807, 2.05) is 4.90 Å². The summed E-state index contributed by atoms with van der Waals surface area (Å²) in [6.45, 7) is 5.20. The normalized spacial score (nSPS) is 19.2. The molecule has 0 atom stereocenters. The number of aromatic nitrogens is 2.